The number of aromatic nitrogens is 1. The van der Waals surface area contributed by atoms with Gasteiger partial charge in [-0.1, -0.05) is 42.0 Å². The molecular weight excluding hydrogens is 549 g/mol. The minimum atomic E-state index is -1.03. The number of benzene rings is 3. The quantitative estimate of drug-likeness (QED) is 0.118. The first-order valence-electron chi connectivity index (χ1n) is 14.1. The van der Waals surface area contributed by atoms with Gasteiger partial charge in [-0.25, -0.2) is 4.39 Å². The molecule has 7 nitrogen and oxygen atoms in total. The molecule has 0 aliphatic carbocycles. The summed E-state index contributed by atoms with van der Waals surface area (Å²) < 4.78 is 27.9. The Morgan fingerprint density at radius 3 is 2.21 bits per heavy atom. The number of carbonyl (C=O) groups is 2. The van der Waals surface area contributed by atoms with E-state index in [2.05, 4.69) is 19.1 Å². The van der Waals surface area contributed by atoms with Gasteiger partial charge in [0, 0.05) is 23.6 Å². The van der Waals surface area contributed by atoms with Crippen LogP contribution in [0.25, 0.3) is 23.1 Å². The van der Waals surface area contributed by atoms with Crippen molar-refractivity contribution in [1.29, 1.82) is 0 Å². The summed E-state index contributed by atoms with van der Waals surface area (Å²) in [5.41, 5.74) is 6.14. The Hall–Kier alpha value is -4.85. The Bertz CT molecular complexity index is 1640. The lowest BCUT2D eigenvalue weighted by Gasteiger charge is -2.11. The molecule has 0 amide bonds. The molecule has 1 aromatic heterocycles. The number of rotatable bonds is 14. The first kappa shape index (κ1) is 31.1. The van der Waals surface area contributed by atoms with Crippen LogP contribution >= 0.6 is 0 Å². The maximum atomic E-state index is 14.6. The molecule has 0 unspecified atom stereocenters. The predicted molar refractivity (Wildman–Crippen MR) is 166 cm³/mol. The fourth-order valence-electron chi connectivity index (χ4n) is 5.20. The van der Waals surface area contributed by atoms with E-state index >= 15 is 0 Å². The number of ether oxygens (including phenoxy) is 2. The average molecular weight is 586 g/mol. The summed E-state index contributed by atoms with van der Waals surface area (Å²) in [6.07, 6.45) is 9.83. The first-order valence-corrected chi connectivity index (χ1v) is 14.1. The summed E-state index contributed by atoms with van der Waals surface area (Å²) in [7, 11) is 0. The lowest BCUT2D eigenvalue weighted by molar-refractivity contribution is -0.138. The lowest BCUT2D eigenvalue weighted by atomic mass is 10.0. The average Bonchev–Trinajstić information content (AvgIpc) is 3.26. The number of aryl methyl sites for hydroxylation is 4. The van der Waals surface area contributed by atoms with Crippen LogP contribution in [0.15, 0.2) is 66.9 Å². The maximum Gasteiger partial charge on any atom is 0.323 e. The third kappa shape index (κ3) is 8.58. The highest BCUT2D eigenvalue weighted by Crippen LogP contribution is 2.29. The molecule has 224 valence electrons. The summed E-state index contributed by atoms with van der Waals surface area (Å²) in [4.78, 5) is 22.5. The second-order valence-corrected chi connectivity index (χ2v) is 10.5. The van der Waals surface area contributed by atoms with Crippen molar-refractivity contribution < 1.29 is 33.7 Å². The monoisotopic (exact) mass is 585 g/mol. The van der Waals surface area contributed by atoms with Crippen LogP contribution in [-0.2, 0) is 22.6 Å². The Morgan fingerprint density at radius 2 is 1.56 bits per heavy atom. The van der Waals surface area contributed by atoms with E-state index in [1.165, 1.54) is 17.7 Å². The van der Waals surface area contributed by atoms with Gasteiger partial charge in [0.15, 0.2) is 0 Å². The number of carboxylic acids is 2. The molecule has 0 saturated carbocycles. The second-order valence-electron chi connectivity index (χ2n) is 10.5. The van der Waals surface area contributed by atoms with Crippen LogP contribution in [0.2, 0.25) is 0 Å². The van der Waals surface area contributed by atoms with Gasteiger partial charge in [0.05, 0.1) is 5.52 Å². The summed E-state index contributed by atoms with van der Waals surface area (Å²) in [5.74, 6) is -0.785. The number of hydrogen-bond donors (Lipinski definition) is 2. The number of hydrogen-bond acceptors (Lipinski definition) is 4. The molecule has 0 saturated heterocycles. The number of halogens is 1. The molecular formula is C35H36FNO6. The number of aliphatic carboxylic acids is 2. The van der Waals surface area contributed by atoms with Crippen molar-refractivity contribution >= 4 is 35.0 Å². The van der Waals surface area contributed by atoms with Gasteiger partial charge in [0.25, 0.3) is 0 Å². The first-order chi connectivity index (χ1) is 20.6. The van der Waals surface area contributed by atoms with Crippen LogP contribution in [0, 0.1) is 26.6 Å². The zero-order valence-electron chi connectivity index (χ0n) is 24.6. The smallest absolute Gasteiger partial charge is 0.323 e. The molecule has 0 fully saturated rings. The third-order valence-electron chi connectivity index (χ3n) is 6.97. The molecule has 2 N–H and O–H groups in total. The zero-order chi connectivity index (χ0) is 30.9. The van der Waals surface area contributed by atoms with Crippen molar-refractivity contribution in [2.45, 2.75) is 46.6 Å². The molecule has 3 aromatic carbocycles. The standard InChI is InChI=1S/C35H36FNO6/c1-23-17-24(2)35(25(3)18-23)43-16-5-4-15-42-30-13-10-26(11-14-30)9-12-27-19-29(36)20-31-28(7-6-8-32(38)39)21-37(34(27)31)22-33(40)41/h4-5,9-14,17-21H,6-8,15-16,22H2,1-3H3,(H,38,39)(H,40,41). The molecule has 0 aliphatic heterocycles. The Morgan fingerprint density at radius 1 is 0.884 bits per heavy atom. The molecule has 8 heteroatoms. The normalized spacial score (nSPS) is 11.5. The maximum absolute atomic E-state index is 14.6. The van der Waals surface area contributed by atoms with E-state index in [1.807, 2.05) is 56.3 Å². The van der Waals surface area contributed by atoms with Crippen LogP contribution in [0.5, 0.6) is 11.5 Å². The van der Waals surface area contributed by atoms with Crippen molar-refractivity contribution in [3.8, 4) is 11.5 Å². The predicted octanol–water partition coefficient (Wildman–Crippen LogP) is 7.38. The molecule has 0 atom stereocenters. The van der Waals surface area contributed by atoms with E-state index < -0.39 is 17.8 Å². The van der Waals surface area contributed by atoms with Crippen LogP contribution < -0.4 is 9.47 Å². The van der Waals surface area contributed by atoms with Crippen LogP contribution in [0.3, 0.4) is 0 Å². The minimum absolute atomic E-state index is 0.0223. The summed E-state index contributed by atoms with van der Waals surface area (Å²) in [5, 5.41) is 19.0. The van der Waals surface area contributed by atoms with Crippen LogP contribution in [0.1, 0.15) is 46.2 Å². The highest BCUT2D eigenvalue weighted by atomic mass is 19.1. The molecule has 0 bridgehead atoms. The molecule has 0 spiro atoms. The van der Waals surface area contributed by atoms with Gasteiger partial charge < -0.3 is 24.3 Å². The van der Waals surface area contributed by atoms with E-state index in [0.29, 0.717) is 53.8 Å². The summed E-state index contributed by atoms with van der Waals surface area (Å²) in [6, 6.07) is 14.4. The lowest BCUT2D eigenvalue weighted by Crippen LogP contribution is -2.08. The molecule has 4 rings (SSSR count). The minimum Gasteiger partial charge on any atom is -0.490 e. The fourth-order valence-corrected chi connectivity index (χ4v) is 5.20. The van der Waals surface area contributed by atoms with Gasteiger partial charge in [-0.2, -0.15) is 0 Å². The van der Waals surface area contributed by atoms with Gasteiger partial charge in [0.2, 0.25) is 0 Å². The summed E-state index contributed by atoms with van der Waals surface area (Å²) in [6.45, 7) is 6.70. The number of fused-ring (bicyclic) bond motifs is 1. The van der Waals surface area contributed by atoms with Gasteiger partial charge in [-0.3, -0.25) is 9.59 Å². The molecule has 43 heavy (non-hydrogen) atoms. The van der Waals surface area contributed by atoms with E-state index in [0.717, 1.165) is 22.4 Å². The van der Waals surface area contributed by atoms with E-state index in [1.54, 1.807) is 16.8 Å². The van der Waals surface area contributed by atoms with Crippen molar-refractivity contribution in [3.05, 3.63) is 106 Å². The molecule has 1 heterocycles. The Kier molecular flexibility index (Phi) is 10.4. The Labute approximate surface area is 250 Å². The fraction of sp³-hybridized carbons (Fsp3) is 0.257. The zero-order valence-corrected chi connectivity index (χ0v) is 24.6. The molecule has 4 aromatic rings. The Balaban J connectivity index is 1.40. The largest absolute Gasteiger partial charge is 0.490 e. The highest BCUT2D eigenvalue weighted by Gasteiger charge is 2.15. The van der Waals surface area contributed by atoms with E-state index in [9.17, 15) is 19.1 Å². The van der Waals surface area contributed by atoms with Gasteiger partial charge >= 0.3 is 11.9 Å². The van der Waals surface area contributed by atoms with Crippen LogP contribution in [0.4, 0.5) is 4.39 Å². The van der Waals surface area contributed by atoms with E-state index in [-0.39, 0.29) is 13.0 Å². The second kappa shape index (κ2) is 14.4. The summed E-state index contributed by atoms with van der Waals surface area (Å²) >= 11 is 0. The van der Waals surface area contributed by atoms with Crippen molar-refractivity contribution in [2.75, 3.05) is 13.2 Å². The molecule has 0 radical (unpaired) electrons. The topological polar surface area (TPSA) is 98.0 Å². The number of carboxylic acid groups (broad SMARTS) is 2. The van der Waals surface area contributed by atoms with Gasteiger partial charge in [0.1, 0.15) is 37.1 Å². The van der Waals surface area contributed by atoms with Crippen molar-refractivity contribution in [3.63, 3.8) is 0 Å². The third-order valence-corrected chi connectivity index (χ3v) is 6.97. The number of nitrogens with zero attached hydrogens (tertiary/aromatic N) is 1. The highest BCUT2D eigenvalue weighted by molar-refractivity contribution is 5.94. The SMILES string of the molecule is Cc1cc(C)c(OCC=CCOc2ccc(C=Cc3cc(F)cc4c(CCCC(=O)O)cn(CC(=O)O)c34)cc2)c(C)c1. The van der Waals surface area contributed by atoms with E-state index in [4.69, 9.17) is 14.6 Å². The van der Waals surface area contributed by atoms with Gasteiger partial charge in [-0.05, 0) is 92.3 Å². The molecule has 0 aliphatic rings. The van der Waals surface area contributed by atoms with Crippen molar-refractivity contribution in [1.82, 2.24) is 4.57 Å². The van der Waals surface area contributed by atoms with Crippen molar-refractivity contribution in [2.24, 2.45) is 0 Å². The van der Waals surface area contributed by atoms with Crippen LogP contribution in [-0.4, -0.2) is 39.9 Å². The van der Waals surface area contributed by atoms with Gasteiger partial charge in [-0.15, -0.1) is 0 Å².